The SMILES string of the molecule is CCCSCC(=O)Nc1cccc(C)n1. The molecule has 0 atom stereocenters. The number of hydrogen-bond donors (Lipinski definition) is 1. The van der Waals surface area contributed by atoms with Crippen molar-refractivity contribution in [3.63, 3.8) is 0 Å². The molecule has 1 aromatic heterocycles. The molecule has 0 radical (unpaired) electrons. The molecule has 0 saturated carbocycles. The summed E-state index contributed by atoms with van der Waals surface area (Å²) in [7, 11) is 0. The minimum absolute atomic E-state index is 0.0200. The highest BCUT2D eigenvalue weighted by Gasteiger charge is 2.02. The molecular formula is C11H16N2OS. The number of thioether (sulfide) groups is 1. The zero-order chi connectivity index (χ0) is 11.1. The van der Waals surface area contributed by atoms with Gasteiger partial charge in [-0.1, -0.05) is 13.0 Å². The van der Waals surface area contributed by atoms with Gasteiger partial charge in [0, 0.05) is 5.69 Å². The van der Waals surface area contributed by atoms with Crippen LogP contribution in [0.4, 0.5) is 5.82 Å². The van der Waals surface area contributed by atoms with Crippen molar-refractivity contribution in [2.45, 2.75) is 20.3 Å². The van der Waals surface area contributed by atoms with Crippen LogP contribution in [0.5, 0.6) is 0 Å². The van der Waals surface area contributed by atoms with E-state index in [0.29, 0.717) is 11.6 Å². The minimum atomic E-state index is 0.0200. The number of pyridine rings is 1. The van der Waals surface area contributed by atoms with Crippen LogP contribution in [-0.4, -0.2) is 22.4 Å². The summed E-state index contributed by atoms with van der Waals surface area (Å²) in [5, 5.41) is 2.77. The van der Waals surface area contributed by atoms with Crippen molar-refractivity contribution in [3.05, 3.63) is 23.9 Å². The fourth-order valence-corrected chi connectivity index (χ4v) is 1.79. The molecule has 1 heterocycles. The van der Waals surface area contributed by atoms with E-state index in [2.05, 4.69) is 17.2 Å². The largest absolute Gasteiger partial charge is 0.310 e. The predicted molar refractivity (Wildman–Crippen MR) is 65.2 cm³/mol. The zero-order valence-corrected chi connectivity index (χ0v) is 9.93. The van der Waals surface area contributed by atoms with Crippen molar-refractivity contribution >= 4 is 23.5 Å². The fraction of sp³-hybridized carbons (Fsp3) is 0.455. The first kappa shape index (κ1) is 12.0. The standard InChI is InChI=1S/C11H16N2OS/c1-3-7-15-8-11(14)13-10-6-4-5-9(2)12-10/h4-6H,3,7-8H2,1-2H3,(H,12,13,14). The maximum atomic E-state index is 11.4. The second kappa shape index (κ2) is 6.45. The van der Waals surface area contributed by atoms with Crippen LogP contribution in [0.25, 0.3) is 0 Å². The zero-order valence-electron chi connectivity index (χ0n) is 9.12. The predicted octanol–water partition coefficient (Wildman–Crippen LogP) is 2.47. The van der Waals surface area contributed by atoms with Crippen molar-refractivity contribution in [1.29, 1.82) is 0 Å². The summed E-state index contributed by atoms with van der Waals surface area (Å²) in [6.07, 6.45) is 1.10. The number of anilines is 1. The van der Waals surface area contributed by atoms with Crippen molar-refractivity contribution < 1.29 is 4.79 Å². The molecule has 4 heteroatoms. The normalized spacial score (nSPS) is 10.0. The highest BCUT2D eigenvalue weighted by Crippen LogP contribution is 2.06. The Kier molecular flexibility index (Phi) is 5.18. The highest BCUT2D eigenvalue weighted by atomic mass is 32.2. The highest BCUT2D eigenvalue weighted by molar-refractivity contribution is 7.99. The lowest BCUT2D eigenvalue weighted by Crippen LogP contribution is -2.15. The van der Waals surface area contributed by atoms with Gasteiger partial charge in [-0.25, -0.2) is 4.98 Å². The van der Waals surface area contributed by atoms with Gasteiger partial charge in [0.05, 0.1) is 5.75 Å². The minimum Gasteiger partial charge on any atom is -0.310 e. The van der Waals surface area contributed by atoms with Gasteiger partial charge in [-0.3, -0.25) is 4.79 Å². The first-order valence-electron chi connectivity index (χ1n) is 5.03. The molecule has 3 nitrogen and oxygen atoms in total. The Hall–Kier alpha value is -1.03. The average molecular weight is 224 g/mol. The van der Waals surface area contributed by atoms with Crippen LogP contribution in [0.1, 0.15) is 19.0 Å². The molecule has 1 aromatic rings. The molecule has 0 aliphatic rings. The molecule has 0 fully saturated rings. The van der Waals surface area contributed by atoms with Gasteiger partial charge >= 0.3 is 0 Å². The van der Waals surface area contributed by atoms with Gasteiger partial charge in [0.1, 0.15) is 5.82 Å². The lowest BCUT2D eigenvalue weighted by atomic mass is 10.4. The van der Waals surface area contributed by atoms with Crippen LogP contribution >= 0.6 is 11.8 Å². The molecular weight excluding hydrogens is 208 g/mol. The Morgan fingerprint density at radius 2 is 2.33 bits per heavy atom. The molecule has 1 rings (SSSR count). The Labute approximate surface area is 94.7 Å². The Balaban J connectivity index is 2.37. The second-order valence-electron chi connectivity index (χ2n) is 3.26. The third-order valence-electron chi connectivity index (χ3n) is 1.74. The number of carbonyl (C=O) groups is 1. The van der Waals surface area contributed by atoms with Gasteiger partial charge in [0.15, 0.2) is 0 Å². The van der Waals surface area contributed by atoms with Crippen LogP contribution in [0.3, 0.4) is 0 Å². The van der Waals surface area contributed by atoms with E-state index in [0.717, 1.165) is 17.9 Å². The fourth-order valence-electron chi connectivity index (χ4n) is 1.10. The maximum absolute atomic E-state index is 11.4. The van der Waals surface area contributed by atoms with Crippen molar-refractivity contribution in [3.8, 4) is 0 Å². The smallest absolute Gasteiger partial charge is 0.235 e. The van der Waals surface area contributed by atoms with E-state index in [1.807, 2.05) is 19.1 Å². The molecule has 0 aliphatic heterocycles. The van der Waals surface area contributed by atoms with Crippen LogP contribution < -0.4 is 5.32 Å². The van der Waals surface area contributed by atoms with Gasteiger partial charge < -0.3 is 5.32 Å². The average Bonchev–Trinajstić information content (AvgIpc) is 2.18. The van der Waals surface area contributed by atoms with Crippen molar-refractivity contribution in [2.24, 2.45) is 0 Å². The van der Waals surface area contributed by atoms with Gasteiger partial charge in [-0.15, -0.1) is 0 Å². The summed E-state index contributed by atoms with van der Waals surface area (Å²) in [4.78, 5) is 15.6. The molecule has 0 aliphatic carbocycles. The molecule has 0 unspecified atom stereocenters. The number of carbonyl (C=O) groups excluding carboxylic acids is 1. The Morgan fingerprint density at radius 3 is 3.00 bits per heavy atom. The summed E-state index contributed by atoms with van der Waals surface area (Å²) in [6, 6.07) is 5.59. The van der Waals surface area contributed by atoms with E-state index in [-0.39, 0.29) is 5.91 Å². The molecule has 15 heavy (non-hydrogen) atoms. The topological polar surface area (TPSA) is 42.0 Å². The van der Waals surface area contributed by atoms with Crippen LogP contribution in [-0.2, 0) is 4.79 Å². The van der Waals surface area contributed by atoms with Gasteiger partial charge in [0.25, 0.3) is 0 Å². The van der Waals surface area contributed by atoms with Crippen LogP contribution in [0.15, 0.2) is 18.2 Å². The third-order valence-corrected chi connectivity index (χ3v) is 2.90. The molecule has 1 amide bonds. The molecule has 0 spiro atoms. The third kappa shape index (κ3) is 4.83. The van der Waals surface area contributed by atoms with E-state index in [9.17, 15) is 4.79 Å². The van der Waals surface area contributed by atoms with E-state index >= 15 is 0 Å². The summed E-state index contributed by atoms with van der Waals surface area (Å²) in [5.41, 5.74) is 0.911. The molecule has 82 valence electrons. The number of rotatable bonds is 5. The summed E-state index contributed by atoms with van der Waals surface area (Å²) in [6.45, 7) is 4.01. The van der Waals surface area contributed by atoms with E-state index in [1.165, 1.54) is 0 Å². The van der Waals surface area contributed by atoms with Crippen molar-refractivity contribution in [2.75, 3.05) is 16.8 Å². The number of nitrogens with zero attached hydrogens (tertiary/aromatic N) is 1. The molecule has 1 N–H and O–H groups in total. The van der Waals surface area contributed by atoms with Crippen LogP contribution in [0, 0.1) is 6.92 Å². The van der Waals surface area contributed by atoms with Crippen molar-refractivity contribution in [1.82, 2.24) is 4.98 Å². The lowest BCUT2D eigenvalue weighted by Gasteiger charge is -2.04. The van der Waals surface area contributed by atoms with Gasteiger partial charge in [0.2, 0.25) is 5.91 Å². The summed E-state index contributed by atoms with van der Waals surface area (Å²) in [5.74, 6) is 2.18. The number of aromatic nitrogens is 1. The second-order valence-corrected chi connectivity index (χ2v) is 4.37. The number of amides is 1. The lowest BCUT2D eigenvalue weighted by molar-refractivity contribution is -0.113. The summed E-state index contributed by atoms with van der Waals surface area (Å²) < 4.78 is 0. The van der Waals surface area contributed by atoms with Gasteiger partial charge in [-0.2, -0.15) is 11.8 Å². The number of nitrogens with one attached hydrogen (secondary N) is 1. The molecule has 0 saturated heterocycles. The van der Waals surface area contributed by atoms with Crippen LogP contribution in [0.2, 0.25) is 0 Å². The van der Waals surface area contributed by atoms with E-state index < -0.39 is 0 Å². The number of hydrogen-bond acceptors (Lipinski definition) is 3. The van der Waals surface area contributed by atoms with Gasteiger partial charge in [-0.05, 0) is 31.2 Å². The Morgan fingerprint density at radius 1 is 1.53 bits per heavy atom. The maximum Gasteiger partial charge on any atom is 0.235 e. The molecule has 0 bridgehead atoms. The van der Waals surface area contributed by atoms with E-state index in [4.69, 9.17) is 0 Å². The number of aryl methyl sites for hydroxylation is 1. The first-order chi connectivity index (χ1) is 7.22. The first-order valence-corrected chi connectivity index (χ1v) is 6.19. The van der Waals surface area contributed by atoms with E-state index in [1.54, 1.807) is 17.8 Å². The monoisotopic (exact) mass is 224 g/mol. The molecule has 0 aromatic carbocycles. The quantitative estimate of drug-likeness (QED) is 0.781. The Bertz CT molecular complexity index is 328. The summed E-state index contributed by atoms with van der Waals surface area (Å²) >= 11 is 1.64.